The highest BCUT2D eigenvalue weighted by Crippen LogP contribution is 2.19. The van der Waals surface area contributed by atoms with E-state index in [2.05, 4.69) is 16.3 Å². The van der Waals surface area contributed by atoms with Crippen LogP contribution in [0, 0.1) is 6.92 Å². The molecule has 1 aromatic heterocycles. The lowest BCUT2D eigenvalue weighted by Crippen LogP contribution is -2.23. The van der Waals surface area contributed by atoms with Crippen LogP contribution in [0.15, 0.2) is 46.6 Å². The summed E-state index contributed by atoms with van der Waals surface area (Å²) in [6.07, 6.45) is 1.47. The number of benzene rings is 1. The summed E-state index contributed by atoms with van der Waals surface area (Å²) in [6.45, 7) is 5.41. The molecule has 0 aliphatic carbocycles. The average Bonchev–Trinajstić information content (AvgIpc) is 2.35. The number of hydrogen-bond donors (Lipinski definition) is 2. The summed E-state index contributed by atoms with van der Waals surface area (Å²) in [7, 11) is -3.55. The van der Waals surface area contributed by atoms with Crippen molar-refractivity contribution in [1.29, 1.82) is 0 Å². The SMILES string of the molecule is C=CCNS(=O)(=O)c1ccc2[nH]c(=O)cc(C)c2c1. The maximum atomic E-state index is 12.0. The Bertz CT molecular complexity index is 791. The second kappa shape index (κ2) is 4.99. The molecule has 0 saturated heterocycles. The molecule has 6 heteroatoms. The highest BCUT2D eigenvalue weighted by molar-refractivity contribution is 7.89. The van der Waals surface area contributed by atoms with Crippen LogP contribution >= 0.6 is 0 Å². The van der Waals surface area contributed by atoms with Crippen molar-refractivity contribution in [2.45, 2.75) is 11.8 Å². The number of pyridine rings is 1. The van der Waals surface area contributed by atoms with Gasteiger partial charge in [0.15, 0.2) is 0 Å². The van der Waals surface area contributed by atoms with Gasteiger partial charge in [0.05, 0.1) is 4.90 Å². The van der Waals surface area contributed by atoms with Crippen molar-refractivity contribution in [1.82, 2.24) is 9.71 Å². The van der Waals surface area contributed by atoms with E-state index >= 15 is 0 Å². The lowest BCUT2D eigenvalue weighted by Gasteiger charge is -2.07. The second-order valence-electron chi connectivity index (χ2n) is 4.16. The maximum Gasteiger partial charge on any atom is 0.248 e. The quantitative estimate of drug-likeness (QED) is 0.827. The Kier molecular flexibility index (Phi) is 3.55. The molecule has 19 heavy (non-hydrogen) atoms. The molecule has 0 unspecified atom stereocenters. The van der Waals surface area contributed by atoms with Crippen LogP contribution in [0.2, 0.25) is 0 Å². The minimum atomic E-state index is -3.55. The maximum absolute atomic E-state index is 12.0. The first-order valence-corrected chi connectivity index (χ1v) is 7.16. The predicted octanol–water partition coefficient (Wildman–Crippen LogP) is 1.30. The molecule has 2 N–H and O–H groups in total. The average molecular weight is 278 g/mol. The minimum Gasteiger partial charge on any atom is -0.322 e. The topological polar surface area (TPSA) is 79.0 Å². The first-order valence-electron chi connectivity index (χ1n) is 5.68. The smallest absolute Gasteiger partial charge is 0.248 e. The van der Waals surface area contributed by atoms with Crippen LogP contribution in [0.4, 0.5) is 0 Å². The fourth-order valence-corrected chi connectivity index (χ4v) is 2.85. The number of aromatic amines is 1. The van der Waals surface area contributed by atoms with Crippen molar-refractivity contribution in [3.8, 4) is 0 Å². The van der Waals surface area contributed by atoms with E-state index in [1.54, 1.807) is 19.1 Å². The van der Waals surface area contributed by atoms with Crippen LogP contribution in [0.3, 0.4) is 0 Å². The third kappa shape index (κ3) is 2.74. The van der Waals surface area contributed by atoms with E-state index in [4.69, 9.17) is 0 Å². The zero-order chi connectivity index (χ0) is 14.0. The monoisotopic (exact) mass is 278 g/mol. The third-order valence-electron chi connectivity index (χ3n) is 2.75. The summed E-state index contributed by atoms with van der Waals surface area (Å²) < 4.78 is 26.4. The van der Waals surface area contributed by atoms with Crippen molar-refractivity contribution in [2.24, 2.45) is 0 Å². The van der Waals surface area contributed by atoms with Gasteiger partial charge in [-0.3, -0.25) is 4.79 Å². The standard InChI is InChI=1S/C13H14N2O3S/c1-3-6-14-19(17,18)10-4-5-12-11(8-10)9(2)7-13(16)15-12/h3-5,7-8,14H,1,6H2,2H3,(H,15,16). The lowest BCUT2D eigenvalue weighted by atomic mass is 10.1. The van der Waals surface area contributed by atoms with Crippen molar-refractivity contribution < 1.29 is 8.42 Å². The van der Waals surface area contributed by atoms with Gasteiger partial charge in [0.1, 0.15) is 0 Å². The van der Waals surface area contributed by atoms with E-state index in [9.17, 15) is 13.2 Å². The fourth-order valence-electron chi connectivity index (χ4n) is 1.82. The first kappa shape index (κ1) is 13.5. The van der Waals surface area contributed by atoms with Crippen molar-refractivity contribution >= 4 is 20.9 Å². The van der Waals surface area contributed by atoms with E-state index in [0.29, 0.717) is 10.9 Å². The summed E-state index contributed by atoms with van der Waals surface area (Å²) >= 11 is 0. The second-order valence-corrected chi connectivity index (χ2v) is 5.93. The largest absolute Gasteiger partial charge is 0.322 e. The van der Waals surface area contributed by atoms with E-state index in [-0.39, 0.29) is 17.0 Å². The van der Waals surface area contributed by atoms with Gasteiger partial charge in [-0.2, -0.15) is 0 Å². The highest BCUT2D eigenvalue weighted by atomic mass is 32.2. The van der Waals surface area contributed by atoms with Crippen LogP contribution in [0.1, 0.15) is 5.56 Å². The van der Waals surface area contributed by atoms with Gasteiger partial charge in [-0.25, -0.2) is 13.1 Å². The number of sulfonamides is 1. The lowest BCUT2D eigenvalue weighted by molar-refractivity contribution is 0.586. The zero-order valence-corrected chi connectivity index (χ0v) is 11.3. The third-order valence-corrected chi connectivity index (χ3v) is 4.17. The van der Waals surface area contributed by atoms with Gasteiger partial charge in [0, 0.05) is 23.5 Å². The van der Waals surface area contributed by atoms with E-state index < -0.39 is 10.0 Å². The molecule has 0 aliphatic heterocycles. The van der Waals surface area contributed by atoms with Crippen molar-refractivity contribution in [3.63, 3.8) is 0 Å². The Balaban J connectivity index is 2.59. The molecule has 0 fully saturated rings. The molecule has 0 amide bonds. The number of aryl methyl sites for hydroxylation is 1. The van der Waals surface area contributed by atoms with E-state index in [1.807, 2.05) is 0 Å². The number of H-pyrrole nitrogens is 1. The molecule has 0 saturated carbocycles. The Morgan fingerprint density at radius 1 is 1.37 bits per heavy atom. The van der Waals surface area contributed by atoms with Crippen LogP contribution in [-0.4, -0.2) is 19.9 Å². The number of aromatic nitrogens is 1. The van der Waals surface area contributed by atoms with Crippen LogP contribution in [0.5, 0.6) is 0 Å². The van der Waals surface area contributed by atoms with E-state index in [0.717, 1.165) is 5.56 Å². The normalized spacial score (nSPS) is 11.6. The molecule has 1 heterocycles. The van der Waals surface area contributed by atoms with Crippen LogP contribution < -0.4 is 10.3 Å². The number of hydrogen-bond acceptors (Lipinski definition) is 3. The van der Waals surface area contributed by atoms with Gasteiger partial charge >= 0.3 is 0 Å². The molecule has 0 radical (unpaired) electrons. The number of nitrogens with one attached hydrogen (secondary N) is 2. The van der Waals surface area contributed by atoms with Crippen molar-refractivity contribution in [2.75, 3.05) is 6.54 Å². The van der Waals surface area contributed by atoms with Gasteiger partial charge in [-0.15, -0.1) is 6.58 Å². The highest BCUT2D eigenvalue weighted by Gasteiger charge is 2.13. The molecule has 0 bridgehead atoms. The predicted molar refractivity (Wildman–Crippen MR) is 74.7 cm³/mol. The summed E-state index contributed by atoms with van der Waals surface area (Å²) in [5.74, 6) is 0. The molecular weight excluding hydrogens is 264 g/mol. The zero-order valence-electron chi connectivity index (χ0n) is 10.4. The fraction of sp³-hybridized carbons (Fsp3) is 0.154. The minimum absolute atomic E-state index is 0.164. The molecular formula is C13H14N2O3S. The summed E-state index contributed by atoms with van der Waals surface area (Å²) in [5.41, 5.74) is 1.15. The molecule has 5 nitrogen and oxygen atoms in total. The molecule has 2 rings (SSSR count). The Labute approximate surface area is 111 Å². The Morgan fingerprint density at radius 3 is 2.79 bits per heavy atom. The number of rotatable bonds is 4. The molecule has 2 aromatic rings. The van der Waals surface area contributed by atoms with E-state index in [1.165, 1.54) is 18.2 Å². The summed E-state index contributed by atoms with van der Waals surface area (Å²) in [5, 5.41) is 0.709. The van der Waals surface area contributed by atoms with Gasteiger partial charge in [0.2, 0.25) is 15.6 Å². The summed E-state index contributed by atoms with van der Waals surface area (Å²) in [4.78, 5) is 14.2. The van der Waals surface area contributed by atoms with Gasteiger partial charge in [-0.05, 0) is 30.7 Å². The first-order chi connectivity index (χ1) is 8.94. The molecule has 1 aromatic carbocycles. The molecule has 0 atom stereocenters. The van der Waals surface area contributed by atoms with Gasteiger partial charge in [-0.1, -0.05) is 6.08 Å². The van der Waals surface area contributed by atoms with Gasteiger partial charge in [0.25, 0.3) is 0 Å². The van der Waals surface area contributed by atoms with Gasteiger partial charge < -0.3 is 4.98 Å². The van der Waals surface area contributed by atoms with Crippen LogP contribution in [-0.2, 0) is 10.0 Å². The van der Waals surface area contributed by atoms with Crippen LogP contribution in [0.25, 0.3) is 10.9 Å². The Hall–Kier alpha value is -1.92. The molecule has 0 spiro atoms. The molecule has 0 aliphatic rings. The molecule has 100 valence electrons. The summed E-state index contributed by atoms with van der Waals surface area (Å²) in [6, 6.07) is 6.04. The number of fused-ring (bicyclic) bond motifs is 1. The Morgan fingerprint density at radius 2 is 2.11 bits per heavy atom. The van der Waals surface area contributed by atoms with Crippen molar-refractivity contribution in [3.05, 3.63) is 52.8 Å².